The molecule has 2 amide bonds. The van der Waals surface area contributed by atoms with Crippen molar-refractivity contribution in [3.63, 3.8) is 0 Å². The molecule has 1 rings (SSSR count). The van der Waals surface area contributed by atoms with Gasteiger partial charge >= 0.3 is 0 Å². The highest BCUT2D eigenvalue weighted by molar-refractivity contribution is 5.95. The van der Waals surface area contributed by atoms with Gasteiger partial charge < -0.3 is 20.7 Å². The van der Waals surface area contributed by atoms with Gasteiger partial charge in [0.25, 0.3) is 11.8 Å². The second-order valence-corrected chi connectivity index (χ2v) is 5.24. The second kappa shape index (κ2) is 8.26. The molecule has 0 fully saturated rings. The Morgan fingerprint density at radius 1 is 1.27 bits per heavy atom. The summed E-state index contributed by atoms with van der Waals surface area (Å²) in [6.07, 6.45) is 0. The highest BCUT2D eigenvalue weighted by Crippen LogP contribution is 2.23. The number of carbonyl (C=O) groups excluding carboxylic acids is 2. The molecule has 22 heavy (non-hydrogen) atoms. The van der Waals surface area contributed by atoms with Gasteiger partial charge in [-0.25, -0.2) is 0 Å². The molecular weight excluding hydrogens is 282 g/mol. The predicted molar refractivity (Wildman–Crippen MR) is 86.9 cm³/mol. The predicted octanol–water partition coefficient (Wildman–Crippen LogP) is 1.65. The normalized spacial score (nSPS) is 10.4. The van der Waals surface area contributed by atoms with Gasteiger partial charge in [0.15, 0.2) is 6.61 Å². The Morgan fingerprint density at radius 3 is 2.45 bits per heavy atom. The number of nitrogen functional groups attached to an aromatic ring is 1. The Hall–Kier alpha value is -2.24. The number of likely N-dealkylation sites (N-methyl/N-ethyl adjacent to an activating group) is 1. The first-order valence-electron chi connectivity index (χ1n) is 7.49. The van der Waals surface area contributed by atoms with Crippen LogP contribution in [0.1, 0.15) is 38.1 Å². The van der Waals surface area contributed by atoms with E-state index in [1.165, 1.54) is 0 Å². The number of hydrogen-bond acceptors (Lipinski definition) is 4. The number of hydrogen-bond donors (Lipinski definition) is 2. The molecule has 0 spiro atoms. The highest BCUT2D eigenvalue weighted by Gasteiger charge is 2.13. The smallest absolute Gasteiger partial charge is 0.260 e. The average molecular weight is 307 g/mol. The Morgan fingerprint density at radius 2 is 1.91 bits per heavy atom. The van der Waals surface area contributed by atoms with Gasteiger partial charge in [0.1, 0.15) is 5.75 Å². The molecule has 0 aliphatic heterocycles. The lowest BCUT2D eigenvalue weighted by Gasteiger charge is -2.19. The van der Waals surface area contributed by atoms with Crippen molar-refractivity contribution >= 4 is 17.5 Å². The van der Waals surface area contributed by atoms with E-state index >= 15 is 0 Å². The lowest BCUT2D eigenvalue weighted by atomic mass is 10.1. The summed E-state index contributed by atoms with van der Waals surface area (Å²) in [5.41, 5.74) is 6.69. The van der Waals surface area contributed by atoms with Gasteiger partial charge in [-0.05, 0) is 45.9 Å². The molecule has 1 aromatic carbocycles. The zero-order valence-corrected chi connectivity index (χ0v) is 13.7. The fourth-order valence-electron chi connectivity index (χ4n) is 1.95. The first-order valence-corrected chi connectivity index (χ1v) is 7.49. The molecular formula is C16H25N3O3. The molecule has 0 saturated heterocycles. The van der Waals surface area contributed by atoms with Crippen LogP contribution in [0.25, 0.3) is 0 Å². The van der Waals surface area contributed by atoms with E-state index in [-0.39, 0.29) is 24.5 Å². The minimum Gasteiger partial charge on any atom is -0.482 e. The SMILES string of the molecule is CCN(CC)C(=O)COc1cc(C(=O)NC(C)C)ccc1N. The molecule has 6 heteroatoms. The van der Waals surface area contributed by atoms with E-state index in [1.54, 1.807) is 23.1 Å². The van der Waals surface area contributed by atoms with Crippen LogP contribution in [-0.2, 0) is 4.79 Å². The quantitative estimate of drug-likeness (QED) is 0.750. The van der Waals surface area contributed by atoms with Gasteiger partial charge in [-0.3, -0.25) is 9.59 Å². The maximum atomic E-state index is 12.0. The summed E-state index contributed by atoms with van der Waals surface area (Å²) >= 11 is 0. The summed E-state index contributed by atoms with van der Waals surface area (Å²) in [5, 5.41) is 2.80. The number of rotatable bonds is 7. The van der Waals surface area contributed by atoms with Crippen LogP contribution in [0.5, 0.6) is 5.75 Å². The number of nitrogens with zero attached hydrogens (tertiary/aromatic N) is 1. The summed E-state index contributed by atoms with van der Waals surface area (Å²) in [6.45, 7) is 8.75. The number of nitrogens with two attached hydrogens (primary N) is 1. The molecule has 0 aliphatic carbocycles. The molecule has 6 nitrogen and oxygen atoms in total. The summed E-state index contributed by atoms with van der Waals surface area (Å²) in [7, 11) is 0. The molecule has 0 unspecified atom stereocenters. The minimum absolute atomic E-state index is 0.0404. The van der Waals surface area contributed by atoms with Gasteiger partial charge in [0.05, 0.1) is 5.69 Å². The van der Waals surface area contributed by atoms with Gasteiger partial charge in [-0.1, -0.05) is 0 Å². The van der Waals surface area contributed by atoms with Crippen molar-refractivity contribution in [3.8, 4) is 5.75 Å². The van der Waals surface area contributed by atoms with Crippen LogP contribution < -0.4 is 15.8 Å². The topological polar surface area (TPSA) is 84.7 Å². The van der Waals surface area contributed by atoms with Crippen molar-refractivity contribution in [1.82, 2.24) is 10.2 Å². The molecule has 1 aromatic rings. The van der Waals surface area contributed by atoms with Crippen LogP contribution >= 0.6 is 0 Å². The number of benzene rings is 1. The molecule has 122 valence electrons. The number of nitrogens with one attached hydrogen (secondary N) is 1. The van der Waals surface area contributed by atoms with Crippen LogP contribution in [0, 0.1) is 0 Å². The maximum Gasteiger partial charge on any atom is 0.260 e. The van der Waals surface area contributed by atoms with Crippen LogP contribution in [0.15, 0.2) is 18.2 Å². The van der Waals surface area contributed by atoms with Gasteiger partial charge in [-0.2, -0.15) is 0 Å². The Bertz CT molecular complexity index is 525. The van der Waals surface area contributed by atoms with Crippen LogP contribution in [-0.4, -0.2) is 42.5 Å². The third-order valence-corrected chi connectivity index (χ3v) is 3.16. The van der Waals surface area contributed by atoms with Crippen molar-refractivity contribution in [2.24, 2.45) is 0 Å². The van der Waals surface area contributed by atoms with E-state index in [0.717, 1.165) is 0 Å². The molecule has 0 bridgehead atoms. The summed E-state index contributed by atoms with van der Waals surface area (Å²) in [6, 6.07) is 4.83. The summed E-state index contributed by atoms with van der Waals surface area (Å²) in [5.74, 6) is 0.0354. The summed E-state index contributed by atoms with van der Waals surface area (Å²) in [4.78, 5) is 25.6. The van der Waals surface area contributed by atoms with Crippen LogP contribution in [0.3, 0.4) is 0 Å². The molecule has 0 heterocycles. The zero-order valence-electron chi connectivity index (χ0n) is 13.7. The van der Waals surface area contributed by atoms with E-state index in [4.69, 9.17) is 10.5 Å². The fraction of sp³-hybridized carbons (Fsp3) is 0.500. The van der Waals surface area contributed by atoms with Crippen molar-refractivity contribution in [1.29, 1.82) is 0 Å². The van der Waals surface area contributed by atoms with E-state index in [0.29, 0.717) is 30.1 Å². The maximum absolute atomic E-state index is 12.0. The lowest BCUT2D eigenvalue weighted by molar-refractivity contribution is -0.132. The third kappa shape index (κ3) is 4.95. The second-order valence-electron chi connectivity index (χ2n) is 5.24. The van der Waals surface area contributed by atoms with Crippen molar-refractivity contribution in [2.45, 2.75) is 33.7 Å². The van der Waals surface area contributed by atoms with Crippen molar-refractivity contribution < 1.29 is 14.3 Å². The number of carbonyl (C=O) groups is 2. The third-order valence-electron chi connectivity index (χ3n) is 3.16. The van der Waals surface area contributed by atoms with E-state index in [2.05, 4.69) is 5.32 Å². The van der Waals surface area contributed by atoms with E-state index in [9.17, 15) is 9.59 Å². The molecule has 0 aliphatic rings. The molecule has 0 aromatic heterocycles. The van der Waals surface area contributed by atoms with Gasteiger partial charge in [0, 0.05) is 24.7 Å². The Balaban J connectivity index is 2.78. The van der Waals surface area contributed by atoms with E-state index < -0.39 is 0 Å². The average Bonchev–Trinajstić information content (AvgIpc) is 2.46. The largest absolute Gasteiger partial charge is 0.482 e. The van der Waals surface area contributed by atoms with E-state index in [1.807, 2.05) is 27.7 Å². The fourth-order valence-corrected chi connectivity index (χ4v) is 1.95. The molecule has 3 N–H and O–H groups in total. The Labute approximate surface area is 131 Å². The zero-order chi connectivity index (χ0) is 16.7. The van der Waals surface area contributed by atoms with Crippen molar-refractivity contribution in [2.75, 3.05) is 25.4 Å². The lowest BCUT2D eigenvalue weighted by Crippen LogP contribution is -2.34. The Kier molecular flexibility index (Phi) is 6.69. The number of anilines is 1. The monoisotopic (exact) mass is 307 g/mol. The van der Waals surface area contributed by atoms with Crippen LogP contribution in [0.2, 0.25) is 0 Å². The molecule has 0 radical (unpaired) electrons. The van der Waals surface area contributed by atoms with Gasteiger partial charge in [-0.15, -0.1) is 0 Å². The number of ether oxygens (including phenoxy) is 1. The highest BCUT2D eigenvalue weighted by atomic mass is 16.5. The first-order chi connectivity index (χ1) is 10.4. The first kappa shape index (κ1) is 17.8. The van der Waals surface area contributed by atoms with Crippen LogP contribution in [0.4, 0.5) is 5.69 Å². The van der Waals surface area contributed by atoms with Crippen molar-refractivity contribution in [3.05, 3.63) is 23.8 Å². The number of amides is 2. The molecule has 0 saturated carbocycles. The summed E-state index contributed by atoms with van der Waals surface area (Å²) < 4.78 is 5.48. The standard InChI is InChI=1S/C16H25N3O3/c1-5-19(6-2)15(20)10-22-14-9-12(7-8-13(14)17)16(21)18-11(3)4/h7-9,11H,5-6,10,17H2,1-4H3,(H,18,21). The molecule has 0 atom stereocenters. The van der Waals surface area contributed by atoms with Gasteiger partial charge in [0.2, 0.25) is 0 Å². The minimum atomic E-state index is -0.199.